The van der Waals surface area contributed by atoms with E-state index in [2.05, 4.69) is 20.4 Å². The van der Waals surface area contributed by atoms with E-state index in [1.54, 1.807) is 29.4 Å². The number of hydrogen-bond donors (Lipinski definition) is 2. The summed E-state index contributed by atoms with van der Waals surface area (Å²) in [5.74, 6) is 5.36. The molecule has 0 aliphatic rings. The van der Waals surface area contributed by atoms with E-state index >= 15 is 0 Å². The van der Waals surface area contributed by atoms with Gasteiger partial charge in [0.25, 0.3) is 5.91 Å². The van der Waals surface area contributed by atoms with Crippen molar-refractivity contribution in [2.75, 3.05) is 16.9 Å². The Labute approximate surface area is 110 Å². The van der Waals surface area contributed by atoms with Gasteiger partial charge in [-0.1, -0.05) is 0 Å². The van der Waals surface area contributed by atoms with E-state index in [1.165, 1.54) is 12.4 Å². The molecule has 98 valence electrons. The minimum absolute atomic E-state index is 0.231. The summed E-state index contributed by atoms with van der Waals surface area (Å²) < 4.78 is 0. The molecule has 0 aliphatic heterocycles. The quantitative estimate of drug-likeness (QED) is 0.622. The molecule has 2 heterocycles. The molecule has 19 heavy (non-hydrogen) atoms. The van der Waals surface area contributed by atoms with Gasteiger partial charge in [0.1, 0.15) is 5.69 Å². The van der Waals surface area contributed by atoms with Crippen LogP contribution in [0.5, 0.6) is 0 Å². The van der Waals surface area contributed by atoms with Crippen LogP contribution in [-0.2, 0) is 0 Å². The summed E-state index contributed by atoms with van der Waals surface area (Å²) in [6, 6.07) is 3.53. The van der Waals surface area contributed by atoms with Crippen molar-refractivity contribution >= 4 is 17.4 Å². The second-order valence-corrected chi connectivity index (χ2v) is 3.69. The third kappa shape index (κ3) is 2.83. The lowest BCUT2D eigenvalue weighted by Crippen LogP contribution is -2.31. The largest absolute Gasteiger partial charge is 0.307 e. The van der Waals surface area contributed by atoms with Crippen molar-refractivity contribution in [3.63, 3.8) is 0 Å². The number of anilines is 2. The monoisotopic (exact) mass is 258 g/mol. The summed E-state index contributed by atoms with van der Waals surface area (Å²) in [7, 11) is 0. The Morgan fingerprint density at radius 2 is 2.05 bits per heavy atom. The van der Waals surface area contributed by atoms with Crippen molar-refractivity contribution in [2.45, 2.75) is 6.92 Å². The van der Waals surface area contributed by atoms with Gasteiger partial charge in [0.15, 0.2) is 5.82 Å². The third-order valence-electron chi connectivity index (χ3n) is 2.54. The minimum atomic E-state index is -0.238. The summed E-state index contributed by atoms with van der Waals surface area (Å²) in [5.41, 5.74) is 3.35. The number of nitrogens with one attached hydrogen (secondary N) is 1. The normalized spacial score (nSPS) is 10.0. The van der Waals surface area contributed by atoms with Gasteiger partial charge in [0, 0.05) is 24.6 Å². The number of hydrazine groups is 1. The van der Waals surface area contributed by atoms with Gasteiger partial charge in [-0.15, -0.1) is 0 Å². The molecule has 0 atom stereocenters. The molecule has 0 bridgehead atoms. The Kier molecular flexibility index (Phi) is 3.99. The summed E-state index contributed by atoms with van der Waals surface area (Å²) in [6.07, 6.45) is 6.12. The van der Waals surface area contributed by atoms with E-state index in [-0.39, 0.29) is 11.6 Å². The SMILES string of the molecule is CCN(C(=O)c1cncc(NN)n1)c1ccncc1. The van der Waals surface area contributed by atoms with E-state index in [9.17, 15) is 4.79 Å². The fraction of sp³-hybridized carbons (Fsp3) is 0.167. The van der Waals surface area contributed by atoms with Crippen molar-refractivity contribution in [3.05, 3.63) is 42.6 Å². The molecule has 0 saturated heterocycles. The Morgan fingerprint density at radius 3 is 2.68 bits per heavy atom. The standard InChI is InChI=1S/C12H14N6O/c1-2-18(9-3-5-14-6-4-9)12(19)10-7-15-8-11(16-10)17-13/h3-8H,2,13H2,1H3,(H,16,17). The van der Waals surface area contributed by atoms with Crippen molar-refractivity contribution in [3.8, 4) is 0 Å². The van der Waals surface area contributed by atoms with Gasteiger partial charge in [0.05, 0.1) is 12.4 Å². The lowest BCUT2D eigenvalue weighted by molar-refractivity contribution is 0.0983. The average molecular weight is 258 g/mol. The number of rotatable bonds is 4. The van der Waals surface area contributed by atoms with E-state index in [1.807, 2.05) is 6.92 Å². The molecule has 3 N–H and O–H groups in total. The molecule has 1 amide bonds. The molecule has 0 radical (unpaired) electrons. The maximum absolute atomic E-state index is 12.4. The van der Waals surface area contributed by atoms with Crippen molar-refractivity contribution in [1.29, 1.82) is 0 Å². The molecule has 0 unspecified atom stereocenters. The second kappa shape index (κ2) is 5.87. The van der Waals surface area contributed by atoms with Crippen LogP contribution in [0.15, 0.2) is 36.9 Å². The van der Waals surface area contributed by atoms with E-state index in [4.69, 9.17) is 5.84 Å². The number of hydrogen-bond acceptors (Lipinski definition) is 6. The topological polar surface area (TPSA) is 97.0 Å². The van der Waals surface area contributed by atoms with E-state index in [0.717, 1.165) is 5.69 Å². The molecule has 7 nitrogen and oxygen atoms in total. The first-order chi connectivity index (χ1) is 9.26. The van der Waals surface area contributed by atoms with Crippen molar-refractivity contribution < 1.29 is 4.79 Å². The fourth-order valence-corrected chi connectivity index (χ4v) is 1.64. The van der Waals surface area contributed by atoms with Crippen LogP contribution in [0.2, 0.25) is 0 Å². The maximum Gasteiger partial charge on any atom is 0.278 e. The summed E-state index contributed by atoms with van der Waals surface area (Å²) in [4.78, 5) is 25.9. The van der Waals surface area contributed by atoms with Gasteiger partial charge in [-0.05, 0) is 19.1 Å². The third-order valence-corrected chi connectivity index (χ3v) is 2.54. The van der Waals surface area contributed by atoms with Gasteiger partial charge in [-0.2, -0.15) is 0 Å². The number of pyridine rings is 1. The van der Waals surface area contributed by atoms with Gasteiger partial charge >= 0.3 is 0 Å². The average Bonchev–Trinajstić information content (AvgIpc) is 2.49. The lowest BCUT2D eigenvalue weighted by Gasteiger charge is -2.20. The Morgan fingerprint density at radius 1 is 1.32 bits per heavy atom. The second-order valence-electron chi connectivity index (χ2n) is 3.69. The van der Waals surface area contributed by atoms with Gasteiger partial charge in [-0.25, -0.2) is 10.8 Å². The molecule has 2 rings (SSSR count). The molecule has 0 saturated carbocycles. The fourth-order valence-electron chi connectivity index (χ4n) is 1.64. The number of amides is 1. The first kappa shape index (κ1) is 12.9. The molecule has 0 aliphatic carbocycles. The summed E-state index contributed by atoms with van der Waals surface area (Å²) >= 11 is 0. The Hall–Kier alpha value is -2.54. The van der Waals surface area contributed by atoms with Crippen LogP contribution >= 0.6 is 0 Å². The molecule has 7 heteroatoms. The van der Waals surface area contributed by atoms with Crippen molar-refractivity contribution in [1.82, 2.24) is 15.0 Å². The smallest absolute Gasteiger partial charge is 0.278 e. The summed E-state index contributed by atoms with van der Waals surface area (Å²) in [6.45, 7) is 2.40. The number of carbonyl (C=O) groups excluding carboxylic acids is 1. The molecule has 0 spiro atoms. The minimum Gasteiger partial charge on any atom is -0.307 e. The highest BCUT2D eigenvalue weighted by molar-refractivity contribution is 6.04. The zero-order valence-corrected chi connectivity index (χ0v) is 10.4. The van der Waals surface area contributed by atoms with Gasteiger partial charge in [0.2, 0.25) is 0 Å². The first-order valence-corrected chi connectivity index (χ1v) is 5.76. The maximum atomic E-state index is 12.4. The molecule has 0 aromatic carbocycles. The zero-order chi connectivity index (χ0) is 13.7. The predicted molar refractivity (Wildman–Crippen MR) is 71.4 cm³/mol. The van der Waals surface area contributed by atoms with Crippen LogP contribution in [0.3, 0.4) is 0 Å². The van der Waals surface area contributed by atoms with Crippen LogP contribution in [0.1, 0.15) is 17.4 Å². The molecule has 0 fully saturated rings. The zero-order valence-electron chi connectivity index (χ0n) is 10.4. The lowest BCUT2D eigenvalue weighted by atomic mass is 10.3. The van der Waals surface area contributed by atoms with Crippen LogP contribution in [0.4, 0.5) is 11.5 Å². The molecular formula is C12H14N6O. The highest BCUT2D eigenvalue weighted by Crippen LogP contribution is 2.15. The molecule has 2 aromatic heterocycles. The first-order valence-electron chi connectivity index (χ1n) is 5.76. The van der Waals surface area contributed by atoms with Crippen LogP contribution in [0, 0.1) is 0 Å². The van der Waals surface area contributed by atoms with Crippen LogP contribution < -0.4 is 16.2 Å². The predicted octanol–water partition coefficient (Wildman–Crippen LogP) is 0.824. The summed E-state index contributed by atoms with van der Waals surface area (Å²) in [5, 5.41) is 0. The van der Waals surface area contributed by atoms with E-state index in [0.29, 0.717) is 12.4 Å². The number of carbonyl (C=O) groups is 1. The highest BCUT2D eigenvalue weighted by atomic mass is 16.2. The number of nitrogens with zero attached hydrogens (tertiary/aromatic N) is 4. The number of nitrogen functional groups attached to an aromatic ring is 1. The van der Waals surface area contributed by atoms with Crippen LogP contribution in [-0.4, -0.2) is 27.4 Å². The number of aromatic nitrogens is 3. The van der Waals surface area contributed by atoms with Gasteiger partial charge < -0.3 is 10.3 Å². The highest BCUT2D eigenvalue weighted by Gasteiger charge is 2.17. The number of nitrogens with two attached hydrogens (primary N) is 1. The molecular weight excluding hydrogens is 244 g/mol. The molecule has 2 aromatic rings. The Bertz CT molecular complexity index is 559. The van der Waals surface area contributed by atoms with Crippen molar-refractivity contribution in [2.24, 2.45) is 5.84 Å². The van der Waals surface area contributed by atoms with E-state index < -0.39 is 0 Å². The van der Waals surface area contributed by atoms with Crippen LogP contribution in [0.25, 0.3) is 0 Å². The Balaban J connectivity index is 2.30. The van der Waals surface area contributed by atoms with Gasteiger partial charge in [-0.3, -0.25) is 14.8 Å².